The molecule has 1 aromatic heterocycles. The second kappa shape index (κ2) is 5.09. The molecule has 0 N–H and O–H groups in total. The summed E-state index contributed by atoms with van der Waals surface area (Å²) in [6.07, 6.45) is 0. The number of aryl methyl sites for hydroxylation is 1. The number of nitriles is 1. The van der Waals surface area contributed by atoms with Gasteiger partial charge >= 0.3 is 0 Å². The van der Waals surface area contributed by atoms with Crippen molar-refractivity contribution in [1.82, 2.24) is 9.78 Å². The van der Waals surface area contributed by atoms with Crippen LogP contribution in [0.25, 0.3) is 5.69 Å². The molecule has 1 heterocycles. The van der Waals surface area contributed by atoms with Gasteiger partial charge in [0.15, 0.2) is 0 Å². The molecular weight excluding hydrogens is 381 g/mol. The maximum Gasteiger partial charge on any atom is 0.103 e. The molecule has 0 saturated heterocycles. The molecule has 0 spiro atoms. The van der Waals surface area contributed by atoms with E-state index >= 15 is 0 Å². The Balaban J connectivity index is 0.00000128. The molecule has 0 aliphatic carbocycles. The molecule has 0 aliphatic rings. The molecule has 84 valence electrons. The normalized spacial score (nSPS) is 9.31. The van der Waals surface area contributed by atoms with Crippen molar-refractivity contribution in [2.24, 2.45) is 0 Å². The molecular formula is C12H10N3Pt-. The van der Waals surface area contributed by atoms with Crippen LogP contribution in [-0.4, -0.2) is 9.78 Å². The van der Waals surface area contributed by atoms with Gasteiger partial charge < -0.3 is 0 Å². The first-order valence-corrected chi connectivity index (χ1v) is 4.67. The zero-order valence-corrected chi connectivity index (χ0v) is 11.2. The molecule has 2 aromatic rings. The standard InChI is InChI=1S/C12H10N3.Pt/c1-9-12(8-13)10(2)15(14-9)11-6-4-3-5-7-11;/h3-6H,1-2H3;/q-1;. The van der Waals surface area contributed by atoms with Gasteiger partial charge in [-0.15, -0.1) is 6.07 Å². The first-order valence-electron chi connectivity index (χ1n) is 4.67. The molecule has 0 saturated carbocycles. The Bertz CT molecular complexity index is 523. The van der Waals surface area contributed by atoms with Crippen molar-refractivity contribution in [3.05, 3.63) is 47.3 Å². The monoisotopic (exact) mass is 391 g/mol. The SMILES string of the molecule is Cc1nn(-c2[c-]cccc2)c(C)c1C#N.[Pt]. The van der Waals surface area contributed by atoms with E-state index in [4.69, 9.17) is 5.26 Å². The van der Waals surface area contributed by atoms with Crippen molar-refractivity contribution in [2.45, 2.75) is 13.8 Å². The van der Waals surface area contributed by atoms with E-state index in [-0.39, 0.29) is 21.1 Å². The Kier molecular flexibility index (Phi) is 4.04. The van der Waals surface area contributed by atoms with E-state index in [0.29, 0.717) is 5.56 Å². The van der Waals surface area contributed by atoms with Crippen LogP contribution >= 0.6 is 0 Å². The molecule has 2 rings (SSSR count). The summed E-state index contributed by atoms with van der Waals surface area (Å²) >= 11 is 0. The van der Waals surface area contributed by atoms with E-state index in [1.54, 1.807) is 4.68 Å². The maximum absolute atomic E-state index is 8.95. The predicted molar refractivity (Wildman–Crippen MR) is 56.6 cm³/mol. The molecule has 0 bridgehead atoms. The Morgan fingerprint density at radius 1 is 1.38 bits per heavy atom. The number of hydrogen-bond acceptors (Lipinski definition) is 2. The molecule has 3 nitrogen and oxygen atoms in total. The smallest absolute Gasteiger partial charge is 0.103 e. The number of hydrogen-bond donors (Lipinski definition) is 0. The fraction of sp³-hybridized carbons (Fsp3) is 0.167. The predicted octanol–water partition coefficient (Wildman–Crippen LogP) is 2.16. The minimum atomic E-state index is 0. The van der Waals surface area contributed by atoms with Crippen LogP contribution < -0.4 is 0 Å². The molecule has 0 atom stereocenters. The Labute approximate surface area is 109 Å². The molecule has 1 aromatic carbocycles. The van der Waals surface area contributed by atoms with Crippen molar-refractivity contribution in [3.8, 4) is 11.8 Å². The number of benzene rings is 1. The quantitative estimate of drug-likeness (QED) is 0.700. The third kappa shape index (κ3) is 2.08. The zero-order chi connectivity index (χ0) is 10.8. The van der Waals surface area contributed by atoms with Crippen molar-refractivity contribution < 1.29 is 21.1 Å². The Morgan fingerprint density at radius 3 is 2.62 bits per heavy atom. The second-order valence-corrected chi connectivity index (χ2v) is 3.32. The first-order chi connectivity index (χ1) is 7.24. The van der Waals surface area contributed by atoms with Crippen LogP contribution in [-0.2, 0) is 21.1 Å². The fourth-order valence-electron chi connectivity index (χ4n) is 1.55. The molecule has 0 amide bonds. The van der Waals surface area contributed by atoms with Crippen LogP contribution in [0.3, 0.4) is 0 Å². The first kappa shape index (κ1) is 12.7. The fourth-order valence-corrected chi connectivity index (χ4v) is 1.55. The van der Waals surface area contributed by atoms with Crippen LogP contribution in [0, 0.1) is 31.2 Å². The summed E-state index contributed by atoms with van der Waals surface area (Å²) in [6.45, 7) is 3.73. The molecule has 0 aliphatic heterocycles. The molecule has 4 heteroatoms. The third-order valence-corrected chi connectivity index (χ3v) is 2.32. The Hall–Kier alpha value is -1.39. The summed E-state index contributed by atoms with van der Waals surface area (Å²) in [5.41, 5.74) is 3.12. The minimum absolute atomic E-state index is 0. The van der Waals surface area contributed by atoms with Crippen LogP contribution in [0.2, 0.25) is 0 Å². The minimum Gasteiger partial charge on any atom is -0.261 e. The number of aromatic nitrogens is 2. The van der Waals surface area contributed by atoms with Gasteiger partial charge in [-0.2, -0.15) is 34.6 Å². The molecule has 0 fully saturated rings. The summed E-state index contributed by atoms with van der Waals surface area (Å²) in [4.78, 5) is 0. The average Bonchev–Trinajstić information content (AvgIpc) is 2.55. The third-order valence-electron chi connectivity index (χ3n) is 2.32. The van der Waals surface area contributed by atoms with Gasteiger partial charge in [0.1, 0.15) is 6.07 Å². The van der Waals surface area contributed by atoms with E-state index in [0.717, 1.165) is 17.1 Å². The second-order valence-electron chi connectivity index (χ2n) is 3.32. The number of para-hydroxylation sites is 1. The van der Waals surface area contributed by atoms with Crippen molar-refractivity contribution in [1.29, 1.82) is 5.26 Å². The average molecular weight is 391 g/mol. The van der Waals surface area contributed by atoms with E-state index in [9.17, 15) is 0 Å². The van der Waals surface area contributed by atoms with Crippen LogP contribution in [0.1, 0.15) is 17.0 Å². The Morgan fingerprint density at radius 2 is 2.12 bits per heavy atom. The van der Waals surface area contributed by atoms with Crippen molar-refractivity contribution in [2.75, 3.05) is 0 Å². The van der Waals surface area contributed by atoms with Gasteiger partial charge in [-0.1, -0.05) is 0 Å². The topological polar surface area (TPSA) is 41.6 Å². The van der Waals surface area contributed by atoms with Gasteiger partial charge in [0.25, 0.3) is 0 Å². The number of rotatable bonds is 1. The van der Waals surface area contributed by atoms with Gasteiger partial charge in [-0.25, -0.2) is 0 Å². The summed E-state index contributed by atoms with van der Waals surface area (Å²) in [5.74, 6) is 0. The van der Waals surface area contributed by atoms with Gasteiger partial charge in [-0.05, 0) is 19.5 Å². The summed E-state index contributed by atoms with van der Waals surface area (Å²) in [7, 11) is 0. The van der Waals surface area contributed by atoms with Gasteiger partial charge in [0.05, 0.1) is 17.0 Å². The maximum atomic E-state index is 8.95. The molecule has 0 unspecified atom stereocenters. The summed E-state index contributed by atoms with van der Waals surface area (Å²) in [5, 5.41) is 13.3. The van der Waals surface area contributed by atoms with E-state index in [1.165, 1.54) is 0 Å². The largest absolute Gasteiger partial charge is 0.261 e. The van der Waals surface area contributed by atoms with E-state index < -0.39 is 0 Å². The zero-order valence-electron chi connectivity index (χ0n) is 8.97. The summed E-state index contributed by atoms with van der Waals surface area (Å²) < 4.78 is 1.74. The molecule has 16 heavy (non-hydrogen) atoms. The summed E-state index contributed by atoms with van der Waals surface area (Å²) in [6, 6.07) is 12.8. The van der Waals surface area contributed by atoms with Crippen LogP contribution in [0.5, 0.6) is 0 Å². The number of nitrogens with zero attached hydrogens (tertiary/aromatic N) is 3. The molecule has 0 radical (unpaired) electrons. The van der Waals surface area contributed by atoms with Gasteiger partial charge in [0, 0.05) is 21.1 Å². The van der Waals surface area contributed by atoms with E-state index in [2.05, 4.69) is 17.2 Å². The van der Waals surface area contributed by atoms with Crippen LogP contribution in [0.15, 0.2) is 24.3 Å². The van der Waals surface area contributed by atoms with Crippen molar-refractivity contribution >= 4 is 0 Å². The van der Waals surface area contributed by atoms with Crippen molar-refractivity contribution in [3.63, 3.8) is 0 Å². The van der Waals surface area contributed by atoms with Gasteiger partial charge in [0.2, 0.25) is 0 Å². The van der Waals surface area contributed by atoms with Crippen LogP contribution in [0.4, 0.5) is 0 Å². The van der Waals surface area contributed by atoms with Gasteiger partial charge in [-0.3, -0.25) is 4.68 Å². The van der Waals surface area contributed by atoms with E-state index in [1.807, 2.05) is 38.1 Å².